The van der Waals surface area contributed by atoms with Crippen molar-refractivity contribution in [3.05, 3.63) is 39.2 Å². The van der Waals surface area contributed by atoms with Gasteiger partial charge >= 0.3 is 11.6 Å². The molecule has 7 nitrogen and oxygen atoms in total. The maximum atomic E-state index is 12.1. The summed E-state index contributed by atoms with van der Waals surface area (Å²) < 4.78 is 10.9. The number of aliphatic carboxylic acids is 1. The van der Waals surface area contributed by atoms with E-state index in [2.05, 4.69) is 5.32 Å². The number of rotatable bonds is 7. The minimum Gasteiger partial charge on any atom is -0.483 e. The monoisotopic (exact) mass is 379 g/mol. The van der Waals surface area contributed by atoms with Gasteiger partial charge in [-0.1, -0.05) is 0 Å². The van der Waals surface area contributed by atoms with Gasteiger partial charge in [0.2, 0.25) is 0 Å². The molecule has 140 valence electrons. The third-order valence-electron chi connectivity index (χ3n) is 3.98. The Labute approximate surface area is 154 Å². The van der Waals surface area contributed by atoms with E-state index in [1.54, 1.807) is 32.2 Å². The molecule has 8 heteroatoms. The van der Waals surface area contributed by atoms with Crippen LogP contribution in [0.25, 0.3) is 11.0 Å². The number of hydrogen-bond donors (Lipinski definition) is 2. The molecule has 0 aliphatic carbocycles. The number of thioether (sulfide) groups is 1. The molecule has 0 bridgehead atoms. The van der Waals surface area contributed by atoms with Gasteiger partial charge in [-0.25, -0.2) is 9.59 Å². The first-order valence-corrected chi connectivity index (χ1v) is 9.32. The van der Waals surface area contributed by atoms with Crippen molar-refractivity contribution in [1.29, 1.82) is 0 Å². The predicted molar refractivity (Wildman–Crippen MR) is 100 cm³/mol. The molecule has 2 aromatic rings. The van der Waals surface area contributed by atoms with Gasteiger partial charge in [-0.05, 0) is 50.3 Å². The summed E-state index contributed by atoms with van der Waals surface area (Å²) in [5.74, 6) is -0.955. The van der Waals surface area contributed by atoms with Gasteiger partial charge in [-0.15, -0.1) is 0 Å². The van der Waals surface area contributed by atoms with Crippen molar-refractivity contribution in [3.8, 4) is 5.75 Å². The van der Waals surface area contributed by atoms with Gasteiger partial charge in [-0.3, -0.25) is 4.79 Å². The zero-order valence-electron chi connectivity index (χ0n) is 15.0. The number of fused-ring (bicyclic) bond motifs is 1. The summed E-state index contributed by atoms with van der Waals surface area (Å²) in [5.41, 5.74) is 1.98. The summed E-state index contributed by atoms with van der Waals surface area (Å²) in [4.78, 5) is 35.0. The summed E-state index contributed by atoms with van der Waals surface area (Å²) >= 11 is 1.32. The third kappa shape index (κ3) is 4.37. The van der Waals surface area contributed by atoms with E-state index in [-0.39, 0.29) is 12.4 Å². The molecular formula is C18H21NO6S. The Morgan fingerprint density at radius 1 is 1.27 bits per heavy atom. The highest BCUT2D eigenvalue weighted by atomic mass is 32.2. The Hall–Kier alpha value is -2.48. The van der Waals surface area contributed by atoms with Gasteiger partial charge in [0, 0.05) is 11.3 Å². The molecular weight excluding hydrogens is 358 g/mol. The molecule has 1 amide bonds. The minimum absolute atomic E-state index is 0.262. The molecule has 0 aliphatic rings. The van der Waals surface area contributed by atoms with Crippen LogP contribution >= 0.6 is 11.8 Å². The fourth-order valence-electron chi connectivity index (χ4n) is 2.52. The molecule has 1 heterocycles. The molecule has 1 aromatic carbocycles. The quantitative estimate of drug-likeness (QED) is 0.709. The van der Waals surface area contributed by atoms with Gasteiger partial charge < -0.3 is 19.6 Å². The zero-order chi connectivity index (χ0) is 19.4. The molecule has 0 fully saturated rings. The van der Waals surface area contributed by atoms with Crippen molar-refractivity contribution in [2.45, 2.75) is 26.8 Å². The number of amides is 1. The highest BCUT2D eigenvalue weighted by Crippen LogP contribution is 2.30. The van der Waals surface area contributed by atoms with Crippen LogP contribution in [0.1, 0.15) is 16.7 Å². The van der Waals surface area contributed by atoms with Crippen LogP contribution in [0, 0.1) is 20.8 Å². The minimum atomic E-state index is -1.10. The van der Waals surface area contributed by atoms with E-state index in [9.17, 15) is 14.4 Å². The SMILES string of the molecule is CSCC(NC(=O)COc1cc(C)cc2oc(=O)c(C)c(C)c12)C(=O)O. The second-order valence-corrected chi connectivity index (χ2v) is 6.89. The Bertz CT molecular complexity index is 905. The van der Waals surface area contributed by atoms with E-state index >= 15 is 0 Å². The first-order valence-electron chi connectivity index (χ1n) is 7.93. The van der Waals surface area contributed by atoms with Crippen molar-refractivity contribution >= 4 is 34.6 Å². The molecule has 1 unspecified atom stereocenters. The summed E-state index contributed by atoms with van der Waals surface area (Å²) in [6.07, 6.45) is 1.76. The smallest absolute Gasteiger partial charge is 0.339 e. The summed E-state index contributed by atoms with van der Waals surface area (Å²) in [7, 11) is 0. The van der Waals surface area contributed by atoms with Crippen molar-refractivity contribution in [2.24, 2.45) is 0 Å². The van der Waals surface area contributed by atoms with Crippen molar-refractivity contribution in [3.63, 3.8) is 0 Å². The Balaban J connectivity index is 2.26. The van der Waals surface area contributed by atoms with Gasteiger partial charge in [0.25, 0.3) is 5.91 Å². The number of hydrogen-bond acceptors (Lipinski definition) is 6. The predicted octanol–water partition coefficient (Wildman–Crippen LogP) is 2.03. The van der Waals surface area contributed by atoms with E-state index in [0.717, 1.165) is 11.1 Å². The molecule has 2 N–H and O–H groups in total. The summed E-state index contributed by atoms with van der Waals surface area (Å²) in [6.45, 7) is 4.93. The van der Waals surface area contributed by atoms with E-state index in [1.165, 1.54) is 11.8 Å². The summed E-state index contributed by atoms with van der Waals surface area (Å²) in [6, 6.07) is 2.51. The lowest BCUT2D eigenvalue weighted by Gasteiger charge is -2.15. The van der Waals surface area contributed by atoms with Gasteiger partial charge in [0.05, 0.1) is 5.39 Å². The van der Waals surface area contributed by atoms with Crippen LogP contribution < -0.4 is 15.7 Å². The lowest BCUT2D eigenvalue weighted by atomic mass is 10.0. The number of aryl methyl sites for hydroxylation is 2. The summed E-state index contributed by atoms with van der Waals surface area (Å²) in [5, 5.41) is 12.2. The standard InChI is InChI=1S/C18H21NO6S/c1-9-5-13(16-10(2)11(3)18(23)25-14(16)6-9)24-7-15(20)19-12(8-26-4)17(21)22/h5-6,12H,7-8H2,1-4H3,(H,19,20)(H,21,22). The van der Waals surface area contributed by atoms with Crippen molar-refractivity contribution in [2.75, 3.05) is 18.6 Å². The van der Waals surface area contributed by atoms with Crippen molar-refractivity contribution < 1.29 is 23.8 Å². The maximum Gasteiger partial charge on any atom is 0.339 e. The fourth-order valence-corrected chi connectivity index (χ4v) is 3.08. The van der Waals surface area contributed by atoms with Crippen LogP contribution in [-0.2, 0) is 9.59 Å². The fraction of sp³-hybridized carbons (Fsp3) is 0.389. The van der Waals surface area contributed by atoms with Gasteiger partial charge in [0.1, 0.15) is 17.4 Å². The van der Waals surface area contributed by atoms with E-state index in [4.69, 9.17) is 14.3 Å². The Kier molecular flexibility index (Phi) is 6.31. The molecule has 1 aromatic heterocycles. The van der Waals surface area contributed by atoms with E-state index < -0.39 is 23.5 Å². The molecule has 0 spiro atoms. The number of carbonyl (C=O) groups is 2. The second-order valence-electron chi connectivity index (χ2n) is 5.98. The molecule has 0 radical (unpaired) electrons. The average molecular weight is 379 g/mol. The number of carbonyl (C=O) groups excluding carboxylic acids is 1. The largest absolute Gasteiger partial charge is 0.483 e. The first kappa shape index (κ1) is 19.8. The van der Waals surface area contributed by atoms with Crippen molar-refractivity contribution in [1.82, 2.24) is 5.32 Å². The third-order valence-corrected chi connectivity index (χ3v) is 4.65. The van der Waals surface area contributed by atoms with Crippen LogP contribution in [-0.4, -0.2) is 41.6 Å². The maximum absolute atomic E-state index is 12.1. The van der Waals surface area contributed by atoms with Crippen LogP contribution in [0.5, 0.6) is 5.75 Å². The second kappa shape index (κ2) is 8.27. The van der Waals surface area contributed by atoms with Gasteiger partial charge in [0.15, 0.2) is 6.61 Å². The van der Waals surface area contributed by atoms with E-state index in [1.807, 2.05) is 6.92 Å². The Morgan fingerprint density at radius 2 is 1.96 bits per heavy atom. The Morgan fingerprint density at radius 3 is 2.58 bits per heavy atom. The lowest BCUT2D eigenvalue weighted by molar-refractivity contribution is -0.141. The topological polar surface area (TPSA) is 106 Å². The number of benzene rings is 1. The average Bonchev–Trinajstić information content (AvgIpc) is 2.56. The normalized spacial score (nSPS) is 12.0. The first-order chi connectivity index (χ1) is 12.2. The van der Waals surface area contributed by atoms with Crippen LogP contribution in [0.3, 0.4) is 0 Å². The van der Waals surface area contributed by atoms with Crippen LogP contribution in [0.4, 0.5) is 0 Å². The van der Waals surface area contributed by atoms with Gasteiger partial charge in [-0.2, -0.15) is 11.8 Å². The number of carboxylic acid groups (broad SMARTS) is 1. The number of ether oxygens (including phenoxy) is 1. The molecule has 0 saturated carbocycles. The number of carboxylic acids is 1. The molecule has 1 atom stereocenters. The molecule has 0 saturated heterocycles. The van der Waals surface area contributed by atoms with Crippen LogP contribution in [0.2, 0.25) is 0 Å². The highest BCUT2D eigenvalue weighted by Gasteiger charge is 2.20. The molecule has 26 heavy (non-hydrogen) atoms. The molecule has 2 rings (SSSR count). The zero-order valence-corrected chi connectivity index (χ0v) is 15.9. The van der Waals surface area contributed by atoms with E-state index in [0.29, 0.717) is 22.3 Å². The van der Waals surface area contributed by atoms with Crippen LogP contribution in [0.15, 0.2) is 21.3 Å². The lowest BCUT2D eigenvalue weighted by Crippen LogP contribution is -2.44. The molecule has 0 aliphatic heterocycles. The highest BCUT2D eigenvalue weighted by molar-refractivity contribution is 7.98. The number of nitrogens with one attached hydrogen (secondary N) is 1.